The molecule has 0 aliphatic heterocycles. The molecule has 0 saturated carbocycles. The molecule has 0 aliphatic rings. The lowest BCUT2D eigenvalue weighted by Crippen LogP contribution is -1.98. The number of allylic oxidation sites excluding steroid dienone is 1. The van der Waals surface area contributed by atoms with E-state index >= 15 is 0 Å². The first-order valence-corrected chi connectivity index (χ1v) is 8.37. The molecule has 2 aromatic carbocycles. The zero-order chi connectivity index (χ0) is 17.9. The Morgan fingerprint density at radius 2 is 1.76 bits per heavy atom. The Labute approximate surface area is 149 Å². The topological polar surface area (TPSA) is 68.8 Å². The molecule has 2 rings (SSSR count). The molecule has 0 saturated heterocycles. The van der Waals surface area contributed by atoms with Crippen LogP contribution in [0.3, 0.4) is 0 Å². The number of hydrogen-bond acceptors (Lipinski definition) is 4. The van der Waals surface area contributed by atoms with Crippen LogP contribution in [0.5, 0.6) is 5.75 Å². The number of ether oxygens (including phenoxy) is 1. The minimum Gasteiger partial charge on any atom is -0.494 e. The van der Waals surface area contributed by atoms with Gasteiger partial charge in [0.25, 0.3) is 0 Å². The predicted octanol–water partition coefficient (Wildman–Crippen LogP) is 5.10. The highest BCUT2D eigenvalue weighted by Gasteiger charge is 2.00. The highest BCUT2D eigenvalue weighted by atomic mass is 16.5. The summed E-state index contributed by atoms with van der Waals surface area (Å²) >= 11 is 0. The molecule has 4 nitrogen and oxygen atoms in total. The van der Waals surface area contributed by atoms with Gasteiger partial charge >= 0.3 is 0 Å². The van der Waals surface area contributed by atoms with E-state index in [1.165, 1.54) is 12.8 Å². The number of hydrogen-bond donors (Lipinski definition) is 1. The van der Waals surface area contributed by atoms with Gasteiger partial charge in [0.15, 0.2) is 0 Å². The van der Waals surface area contributed by atoms with Crippen molar-refractivity contribution in [1.82, 2.24) is 0 Å². The second kappa shape index (κ2) is 9.80. The summed E-state index contributed by atoms with van der Waals surface area (Å²) in [6, 6.07) is 18.9. The first-order chi connectivity index (χ1) is 12.2. The second-order valence-corrected chi connectivity index (χ2v) is 5.61. The van der Waals surface area contributed by atoms with Gasteiger partial charge in [0.1, 0.15) is 17.5 Å². The quantitative estimate of drug-likeness (QED) is 0.539. The van der Waals surface area contributed by atoms with Gasteiger partial charge in [-0.3, -0.25) is 0 Å². The first-order valence-electron chi connectivity index (χ1n) is 8.37. The molecule has 0 aromatic heterocycles. The molecule has 0 heterocycles. The summed E-state index contributed by atoms with van der Waals surface area (Å²) in [5.74, 6) is 0.840. The number of nitrogens with one attached hydrogen (secondary N) is 1. The van der Waals surface area contributed by atoms with Crippen LogP contribution in [-0.2, 0) is 0 Å². The van der Waals surface area contributed by atoms with Crippen molar-refractivity contribution in [1.29, 1.82) is 10.5 Å². The number of unbranched alkanes of at least 4 members (excludes halogenated alkanes) is 2. The summed E-state index contributed by atoms with van der Waals surface area (Å²) in [7, 11) is 0. The average Bonchev–Trinajstić information content (AvgIpc) is 2.66. The molecular weight excluding hydrogens is 310 g/mol. The molecule has 2 aromatic rings. The van der Waals surface area contributed by atoms with Crippen molar-refractivity contribution in [3.63, 3.8) is 0 Å². The number of anilines is 1. The van der Waals surface area contributed by atoms with Crippen LogP contribution in [0.25, 0.3) is 6.08 Å². The van der Waals surface area contributed by atoms with Gasteiger partial charge < -0.3 is 10.1 Å². The monoisotopic (exact) mass is 331 g/mol. The molecule has 0 atom stereocenters. The highest BCUT2D eigenvalue weighted by Crippen LogP contribution is 2.17. The van der Waals surface area contributed by atoms with Gasteiger partial charge in [-0.2, -0.15) is 10.5 Å². The Balaban J connectivity index is 1.98. The second-order valence-electron chi connectivity index (χ2n) is 5.61. The molecule has 126 valence electrons. The number of benzene rings is 2. The van der Waals surface area contributed by atoms with Crippen LogP contribution < -0.4 is 10.1 Å². The van der Waals surface area contributed by atoms with E-state index in [0.29, 0.717) is 11.3 Å². The zero-order valence-electron chi connectivity index (χ0n) is 14.3. The van der Waals surface area contributed by atoms with Crippen LogP contribution >= 0.6 is 0 Å². The molecule has 1 N–H and O–H groups in total. The van der Waals surface area contributed by atoms with Crippen molar-refractivity contribution in [3.8, 4) is 17.9 Å². The summed E-state index contributed by atoms with van der Waals surface area (Å²) in [5, 5.41) is 21.2. The van der Waals surface area contributed by atoms with E-state index in [2.05, 4.69) is 24.4 Å². The van der Waals surface area contributed by atoms with Crippen molar-refractivity contribution >= 4 is 11.8 Å². The maximum atomic E-state index is 9.31. The van der Waals surface area contributed by atoms with Crippen molar-refractivity contribution in [2.75, 3.05) is 11.9 Å². The van der Waals surface area contributed by atoms with Gasteiger partial charge in [-0.15, -0.1) is 0 Å². The zero-order valence-corrected chi connectivity index (χ0v) is 14.3. The highest BCUT2D eigenvalue weighted by molar-refractivity contribution is 5.64. The minimum atomic E-state index is 0.432. The average molecular weight is 331 g/mol. The van der Waals surface area contributed by atoms with E-state index < -0.39 is 0 Å². The SMILES string of the molecule is CCCCCOc1ccc(/C=C(\C#N)Nc2ccc(C#N)cc2)cc1. The molecule has 0 amide bonds. The Kier molecular flexibility index (Phi) is 7.10. The van der Waals surface area contributed by atoms with Gasteiger partial charge in [0.2, 0.25) is 0 Å². The number of nitrogens with zero attached hydrogens (tertiary/aromatic N) is 2. The molecular formula is C21H21N3O. The van der Waals surface area contributed by atoms with Crippen LogP contribution in [0, 0.1) is 22.7 Å². The van der Waals surface area contributed by atoms with E-state index in [9.17, 15) is 5.26 Å². The van der Waals surface area contributed by atoms with Gasteiger partial charge in [-0.05, 0) is 54.5 Å². The third kappa shape index (κ3) is 6.05. The maximum Gasteiger partial charge on any atom is 0.119 e. The Hall–Kier alpha value is -3.24. The summed E-state index contributed by atoms with van der Waals surface area (Å²) in [4.78, 5) is 0. The normalized spacial score (nSPS) is 10.6. The lowest BCUT2D eigenvalue weighted by Gasteiger charge is -2.07. The Bertz CT molecular complexity index is 778. The van der Waals surface area contributed by atoms with Crippen molar-refractivity contribution < 1.29 is 4.74 Å². The van der Waals surface area contributed by atoms with Crippen LogP contribution in [0.15, 0.2) is 54.2 Å². The van der Waals surface area contributed by atoms with Crippen LogP contribution in [0.2, 0.25) is 0 Å². The summed E-state index contributed by atoms with van der Waals surface area (Å²) in [5.41, 5.74) is 2.70. The lowest BCUT2D eigenvalue weighted by atomic mass is 10.1. The molecule has 4 heteroatoms. The summed E-state index contributed by atoms with van der Waals surface area (Å²) < 4.78 is 5.68. The molecule has 0 unspecified atom stereocenters. The molecule has 0 radical (unpaired) electrons. The minimum absolute atomic E-state index is 0.432. The van der Waals surface area contributed by atoms with Gasteiger partial charge in [0, 0.05) is 5.69 Å². The van der Waals surface area contributed by atoms with Crippen molar-refractivity contribution in [2.24, 2.45) is 0 Å². The predicted molar refractivity (Wildman–Crippen MR) is 99.8 cm³/mol. The van der Waals surface area contributed by atoms with Crippen LogP contribution in [-0.4, -0.2) is 6.61 Å². The Morgan fingerprint density at radius 3 is 2.36 bits per heavy atom. The fourth-order valence-corrected chi connectivity index (χ4v) is 2.25. The Morgan fingerprint density at radius 1 is 1.04 bits per heavy atom. The van der Waals surface area contributed by atoms with Crippen LogP contribution in [0.1, 0.15) is 37.3 Å². The van der Waals surface area contributed by atoms with E-state index in [4.69, 9.17) is 10.00 Å². The fourth-order valence-electron chi connectivity index (χ4n) is 2.25. The largest absolute Gasteiger partial charge is 0.494 e. The maximum absolute atomic E-state index is 9.31. The summed E-state index contributed by atoms with van der Waals surface area (Å²) in [6.45, 7) is 2.90. The summed E-state index contributed by atoms with van der Waals surface area (Å²) in [6.07, 6.45) is 5.19. The number of rotatable bonds is 8. The first kappa shape index (κ1) is 18.1. The van der Waals surface area contributed by atoms with E-state index in [1.807, 2.05) is 24.3 Å². The van der Waals surface area contributed by atoms with E-state index in [1.54, 1.807) is 30.3 Å². The van der Waals surface area contributed by atoms with Gasteiger partial charge in [-0.1, -0.05) is 31.9 Å². The van der Waals surface area contributed by atoms with Gasteiger partial charge in [0.05, 0.1) is 18.2 Å². The van der Waals surface area contributed by atoms with Crippen molar-refractivity contribution in [3.05, 3.63) is 65.4 Å². The molecule has 0 aliphatic carbocycles. The standard InChI is InChI=1S/C21H21N3O/c1-2-3-4-13-25-21-11-7-17(8-12-21)14-20(16-23)24-19-9-5-18(15-22)6-10-19/h5-12,14,24H,2-4,13H2,1H3/b20-14+. The fraction of sp³-hybridized carbons (Fsp3) is 0.238. The van der Waals surface area contributed by atoms with E-state index in [0.717, 1.165) is 30.0 Å². The van der Waals surface area contributed by atoms with Gasteiger partial charge in [-0.25, -0.2) is 0 Å². The van der Waals surface area contributed by atoms with Crippen molar-refractivity contribution in [2.45, 2.75) is 26.2 Å². The molecule has 0 fully saturated rings. The molecule has 0 bridgehead atoms. The number of nitriles is 2. The smallest absolute Gasteiger partial charge is 0.119 e. The molecule has 25 heavy (non-hydrogen) atoms. The third-order valence-electron chi connectivity index (χ3n) is 3.62. The van der Waals surface area contributed by atoms with Crippen LogP contribution in [0.4, 0.5) is 5.69 Å². The van der Waals surface area contributed by atoms with E-state index in [-0.39, 0.29) is 0 Å². The third-order valence-corrected chi connectivity index (χ3v) is 3.62. The molecule has 0 spiro atoms. The lowest BCUT2D eigenvalue weighted by molar-refractivity contribution is 0.306.